The van der Waals surface area contributed by atoms with E-state index in [2.05, 4.69) is 9.71 Å². The van der Waals surface area contributed by atoms with Crippen LogP contribution in [0.25, 0.3) is 0 Å². The predicted molar refractivity (Wildman–Crippen MR) is 82.3 cm³/mol. The van der Waals surface area contributed by atoms with Gasteiger partial charge in [-0.2, -0.15) is 0 Å². The highest BCUT2D eigenvalue weighted by atomic mass is 32.2. The van der Waals surface area contributed by atoms with E-state index in [1.807, 2.05) is 0 Å². The van der Waals surface area contributed by atoms with Gasteiger partial charge in [0.1, 0.15) is 4.90 Å². The largest absolute Gasteiger partial charge is 0.393 e. The summed E-state index contributed by atoms with van der Waals surface area (Å²) in [4.78, 5) is 3.12. The third kappa shape index (κ3) is 3.53. The Bertz CT molecular complexity index is 872. The number of rotatable bonds is 5. The summed E-state index contributed by atoms with van der Waals surface area (Å²) in [5, 5.41) is 9.49. The average Bonchev–Trinajstić information content (AvgIpc) is 2.55. The van der Waals surface area contributed by atoms with Crippen LogP contribution in [0.5, 0.6) is 0 Å². The second-order valence-electron chi connectivity index (χ2n) is 5.91. The molecule has 1 heterocycles. The Morgan fingerprint density at radius 2 is 1.84 bits per heavy atom. The fourth-order valence-corrected chi connectivity index (χ4v) is 4.15. The van der Waals surface area contributed by atoms with Gasteiger partial charge in [-0.3, -0.25) is 4.98 Å². The van der Waals surface area contributed by atoms with Crippen LogP contribution in [0.4, 0.5) is 13.2 Å². The first-order valence-corrected chi connectivity index (χ1v) is 9.02. The van der Waals surface area contributed by atoms with Crippen molar-refractivity contribution < 1.29 is 26.7 Å². The summed E-state index contributed by atoms with van der Waals surface area (Å²) in [5.74, 6) is -5.34. The van der Waals surface area contributed by atoms with E-state index in [0.717, 1.165) is 0 Å². The Morgan fingerprint density at radius 3 is 2.44 bits per heavy atom. The normalized spacial score (nSPS) is 21.6. The van der Waals surface area contributed by atoms with Gasteiger partial charge < -0.3 is 5.11 Å². The molecule has 0 bridgehead atoms. The number of aliphatic hydroxyl groups excluding tert-OH is 1. The minimum Gasteiger partial charge on any atom is -0.393 e. The molecule has 0 saturated heterocycles. The smallest absolute Gasteiger partial charge is 0.244 e. The molecule has 0 spiro atoms. The van der Waals surface area contributed by atoms with Gasteiger partial charge in [0.05, 0.1) is 17.8 Å². The molecule has 1 aromatic carbocycles. The molecule has 0 radical (unpaired) electrons. The fourth-order valence-electron chi connectivity index (χ4n) is 2.81. The Morgan fingerprint density at radius 1 is 1.12 bits per heavy atom. The summed E-state index contributed by atoms with van der Waals surface area (Å²) in [6.07, 6.45) is 1.64. The third-order valence-electron chi connectivity index (χ3n) is 4.20. The van der Waals surface area contributed by atoms with Crippen molar-refractivity contribution in [1.82, 2.24) is 9.71 Å². The number of nitrogens with one attached hydrogen (secondary N) is 1. The van der Waals surface area contributed by atoms with Crippen molar-refractivity contribution in [3.8, 4) is 0 Å². The molecule has 9 heteroatoms. The number of pyridine rings is 1. The summed E-state index contributed by atoms with van der Waals surface area (Å²) in [6.45, 7) is 0. The van der Waals surface area contributed by atoms with E-state index in [0.29, 0.717) is 30.7 Å². The van der Waals surface area contributed by atoms with Gasteiger partial charge in [-0.1, -0.05) is 6.07 Å². The quantitative estimate of drug-likeness (QED) is 0.790. The fraction of sp³-hybridized carbons (Fsp3) is 0.312. The van der Waals surface area contributed by atoms with Gasteiger partial charge >= 0.3 is 0 Å². The number of benzene rings is 1. The van der Waals surface area contributed by atoms with E-state index in [9.17, 15) is 26.7 Å². The first kappa shape index (κ1) is 17.8. The highest BCUT2D eigenvalue weighted by Gasteiger charge is 2.38. The number of sulfonamides is 1. The SMILES string of the molecule is O=S(=O)(N[C@@H](c1ccccn1)C1CC(O)C1)c1ccc(F)c(F)c1F. The lowest BCUT2D eigenvalue weighted by atomic mass is 9.76. The summed E-state index contributed by atoms with van der Waals surface area (Å²) < 4.78 is 67.6. The van der Waals surface area contributed by atoms with E-state index in [4.69, 9.17) is 0 Å². The predicted octanol–water partition coefficient (Wildman–Crippen LogP) is 2.29. The molecule has 1 fully saturated rings. The molecule has 2 aromatic rings. The van der Waals surface area contributed by atoms with E-state index in [1.165, 1.54) is 6.20 Å². The van der Waals surface area contributed by atoms with Crippen molar-refractivity contribution in [2.24, 2.45) is 5.92 Å². The van der Waals surface area contributed by atoms with Crippen LogP contribution < -0.4 is 4.72 Å². The van der Waals surface area contributed by atoms with Crippen molar-refractivity contribution in [3.05, 3.63) is 59.7 Å². The monoisotopic (exact) mass is 372 g/mol. The zero-order valence-corrected chi connectivity index (χ0v) is 13.7. The first-order valence-electron chi connectivity index (χ1n) is 7.54. The number of aromatic nitrogens is 1. The zero-order chi connectivity index (χ0) is 18.2. The maximum atomic E-state index is 13.9. The molecule has 0 amide bonds. The van der Waals surface area contributed by atoms with Crippen molar-refractivity contribution in [3.63, 3.8) is 0 Å². The number of halogens is 3. The molecule has 1 aliphatic carbocycles. The maximum Gasteiger partial charge on any atom is 0.244 e. The van der Waals surface area contributed by atoms with Gasteiger partial charge in [0, 0.05) is 6.20 Å². The van der Waals surface area contributed by atoms with Gasteiger partial charge in [-0.05, 0) is 43.0 Å². The summed E-state index contributed by atoms with van der Waals surface area (Å²) >= 11 is 0. The first-order chi connectivity index (χ1) is 11.8. The van der Waals surface area contributed by atoms with Crippen LogP contribution in [-0.2, 0) is 10.0 Å². The third-order valence-corrected chi connectivity index (χ3v) is 5.66. The summed E-state index contributed by atoms with van der Waals surface area (Å²) in [6, 6.07) is 5.31. The Kier molecular flexibility index (Phi) is 4.81. The summed E-state index contributed by atoms with van der Waals surface area (Å²) in [5.41, 5.74) is 0.394. The molecule has 3 rings (SSSR count). The molecule has 0 aliphatic heterocycles. The van der Waals surface area contributed by atoms with Gasteiger partial charge in [-0.25, -0.2) is 26.3 Å². The second kappa shape index (κ2) is 6.74. The molecule has 1 aromatic heterocycles. The molecular formula is C16H15F3N2O3S. The lowest BCUT2D eigenvalue weighted by Gasteiger charge is -2.37. The van der Waals surface area contributed by atoms with E-state index >= 15 is 0 Å². The Balaban J connectivity index is 1.95. The number of nitrogens with zero attached hydrogens (tertiary/aromatic N) is 1. The van der Waals surface area contributed by atoms with Crippen molar-refractivity contribution in [1.29, 1.82) is 0 Å². The standard InChI is InChI=1S/C16H15F3N2O3S/c17-11-4-5-13(15(19)14(11)18)25(23,24)21-16(9-7-10(22)8-9)12-3-1-2-6-20-12/h1-6,9-10,16,21-22H,7-8H2/t9?,10?,16-/m1/s1. The van der Waals surface area contributed by atoms with E-state index < -0.39 is 44.5 Å². The van der Waals surface area contributed by atoms with Crippen molar-refractivity contribution >= 4 is 10.0 Å². The van der Waals surface area contributed by atoms with Crippen LogP contribution in [0.1, 0.15) is 24.6 Å². The average molecular weight is 372 g/mol. The second-order valence-corrected chi connectivity index (χ2v) is 7.59. The summed E-state index contributed by atoms with van der Waals surface area (Å²) in [7, 11) is -4.47. The van der Waals surface area contributed by atoms with Crippen molar-refractivity contribution in [2.45, 2.75) is 29.9 Å². The van der Waals surface area contributed by atoms with Crippen LogP contribution in [-0.4, -0.2) is 24.6 Å². The maximum absolute atomic E-state index is 13.9. The molecule has 25 heavy (non-hydrogen) atoms. The molecule has 0 unspecified atom stereocenters. The van der Waals surface area contributed by atoms with Gasteiger partial charge in [0.15, 0.2) is 17.5 Å². The van der Waals surface area contributed by atoms with E-state index in [1.54, 1.807) is 18.2 Å². The molecular weight excluding hydrogens is 357 g/mol. The molecule has 1 saturated carbocycles. The van der Waals surface area contributed by atoms with Crippen LogP contribution in [0.3, 0.4) is 0 Å². The Labute approximate surface area is 142 Å². The van der Waals surface area contributed by atoms with Gasteiger partial charge in [0.25, 0.3) is 0 Å². The molecule has 2 N–H and O–H groups in total. The van der Waals surface area contributed by atoms with Gasteiger partial charge in [-0.15, -0.1) is 0 Å². The molecule has 5 nitrogen and oxygen atoms in total. The van der Waals surface area contributed by atoms with Crippen molar-refractivity contribution in [2.75, 3.05) is 0 Å². The minimum atomic E-state index is -4.47. The number of hydrogen-bond acceptors (Lipinski definition) is 4. The zero-order valence-electron chi connectivity index (χ0n) is 12.9. The number of hydrogen-bond donors (Lipinski definition) is 2. The van der Waals surface area contributed by atoms with Crippen LogP contribution in [0.15, 0.2) is 41.4 Å². The van der Waals surface area contributed by atoms with Crippen LogP contribution in [0.2, 0.25) is 0 Å². The highest BCUT2D eigenvalue weighted by molar-refractivity contribution is 7.89. The Hall–Kier alpha value is -1.97. The van der Waals surface area contributed by atoms with Crippen LogP contribution >= 0.6 is 0 Å². The van der Waals surface area contributed by atoms with Gasteiger partial charge in [0.2, 0.25) is 10.0 Å². The number of aliphatic hydroxyl groups is 1. The molecule has 134 valence electrons. The lowest BCUT2D eigenvalue weighted by molar-refractivity contribution is 0.0273. The van der Waals surface area contributed by atoms with E-state index in [-0.39, 0.29) is 5.92 Å². The molecule has 1 atom stereocenters. The van der Waals surface area contributed by atoms with Crippen LogP contribution in [0, 0.1) is 23.4 Å². The minimum absolute atomic E-state index is 0.243. The topological polar surface area (TPSA) is 79.3 Å². The molecule has 1 aliphatic rings. The highest BCUT2D eigenvalue weighted by Crippen LogP contribution is 2.38. The lowest BCUT2D eigenvalue weighted by Crippen LogP contribution is -2.42.